The van der Waals surface area contributed by atoms with Crippen molar-refractivity contribution >= 4 is 27.3 Å². The third-order valence-electron chi connectivity index (χ3n) is 1.59. The smallest absolute Gasteiger partial charge is 0.334 e. The highest BCUT2D eigenvalue weighted by Crippen LogP contribution is 2.39. The Balaban J connectivity index is 3.33. The molecule has 1 rings (SSSR count). The standard InChI is InChI=1S/C8H9BrN2O3/c1-2-14-8-5(9)3-4-6(10)7(8)11(12)13/h3-4H,2,10H2,1H3. The lowest BCUT2D eigenvalue weighted by Gasteiger charge is -2.07. The molecule has 14 heavy (non-hydrogen) atoms. The number of benzene rings is 1. The molecule has 0 saturated heterocycles. The third kappa shape index (κ3) is 1.95. The van der Waals surface area contributed by atoms with Crippen molar-refractivity contribution in [2.24, 2.45) is 0 Å². The van der Waals surface area contributed by atoms with Gasteiger partial charge in [-0.15, -0.1) is 0 Å². The van der Waals surface area contributed by atoms with E-state index in [1.54, 1.807) is 13.0 Å². The fourth-order valence-electron chi connectivity index (χ4n) is 1.03. The van der Waals surface area contributed by atoms with Crippen molar-refractivity contribution in [2.45, 2.75) is 6.92 Å². The van der Waals surface area contributed by atoms with E-state index in [1.807, 2.05) is 0 Å². The number of nitrogens with zero attached hydrogens (tertiary/aromatic N) is 1. The van der Waals surface area contributed by atoms with Crippen LogP contribution >= 0.6 is 15.9 Å². The van der Waals surface area contributed by atoms with Gasteiger partial charge in [-0.3, -0.25) is 10.1 Å². The van der Waals surface area contributed by atoms with Crippen LogP contribution in [0.3, 0.4) is 0 Å². The number of nitro groups is 1. The number of hydrogen-bond acceptors (Lipinski definition) is 4. The number of anilines is 1. The molecular weight excluding hydrogens is 252 g/mol. The van der Waals surface area contributed by atoms with Crippen LogP contribution < -0.4 is 10.5 Å². The molecule has 0 saturated carbocycles. The van der Waals surface area contributed by atoms with E-state index >= 15 is 0 Å². The van der Waals surface area contributed by atoms with E-state index < -0.39 is 4.92 Å². The molecule has 0 fully saturated rings. The fourth-order valence-corrected chi connectivity index (χ4v) is 1.47. The highest BCUT2D eigenvalue weighted by molar-refractivity contribution is 9.10. The van der Waals surface area contributed by atoms with Crippen molar-refractivity contribution in [3.8, 4) is 5.75 Å². The first kappa shape index (κ1) is 10.8. The summed E-state index contributed by atoms with van der Waals surface area (Å²) in [5.41, 5.74) is 5.38. The summed E-state index contributed by atoms with van der Waals surface area (Å²) in [6, 6.07) is 3.08. The Morgan fingerprint density at radius 1 is 1.64 bits per heavy atom. The minimum Gasteiger partial charge on any atom is -0.486 e. The van der Waals surface area contributed by atoms with E-state index in [0.717, 1.165) is 0 Å². The second-order valence-electron chi connectivity index (χ2n) is 2.50. The van der Waals surface area contributed by atoms with Crippen LogP contribution in [0.15, 0.2) is 16.6 Å². The molecule has 0 unspecified atom stereocenters. The number of rotatable bonds is 3. The first-order valence-electron chi connectivity index (χ1n) is 3.93. The Morgan fingerprint density at radius 3 is 2.79 bits per heavy atom. The lowest BCUT2D eigenvalue weighted by Crippen LogP contribution is -2.01. The molecule has 0 aliphatic carbocycles. The maximum Gasteiger partial charge on any atom is 0.334 e. The summed E-state index contributed by atoms with van der Waals surface area (Å²) in [6.07, 6.45) is 0. The average molecular weight is 261 g/mol. The molecule has 0 aliphatic heterocycles. The third-order valence-corrected chi connectivity index (χ3v) is 2.21. The first-order valence-corrected chi connectivity index (χ1v) is 4.72. The minimum absolute atomic E-state index is 0.0988. The van der Waals surface area contributed by atoms with Gasteiger partial charge in [0.1, 0.15) is 5.69 Å². The lowest BCUT2D eigenvalue weighted by molar-refractivity contribution is -0.385. The van der Waals surface area contributed by atoms with Gasteiger partial charge in [0.2, 0.25) is 5.75 Å². The normalized spacial score (nSPS) is 9.86. The number of ether oxygens (including phenoxy) is 1. The van der Waals surface area contributed by atoms with E-state index in [9.17, 15) is 10.1 Å². The van der Waals surface area contributed by atoms with Crippen LogP contribution in [0, 0.1) is 10.1 Å². The highest BCUT2D eigenvalue weighted by Gasteiger charge is 2.21. The largest absolute Gasteiger partial charge is 0.486 e. The van der Waals surface area contributed by atoms with E-state index in [4.69, 9.17) is 10.5 Å². The Labute approximate surface area is 89.1 Å². The summed E-state index contributed by atoms with van der Waals surface area (Å²) in [5, 5.41) is 10.7. The highest BCUT2D eigenvalue weighted by atomic mass is 79.9. The van der Waals surface area contributed by atoms with Crippen molar-refractivity contribution in [2.75, 3.05) is 12.3 Å². The van der Waals surface area contributed by atoms with Gasteiger partial charge in [0.05, 0.1) is 16.0 Å². The van der Waals surface area contributed by atoms with Gasteiger partial charge in [-0.05, 0) is 35.0 Å². The fraction of sp³-hybridized carbons (Fsp3) is 0.250. The van der Waals surface area contributed by atoms with Crippen molar-refractivity contribution < 1.29 is 9.66 Å². The van der Waals surface area contributed by atoms with Gasteiger partial charge < -0.3 is 10.5 Å². The molecule has 0 radical (unpaired) electrons. The van der Waals surface area contributed by atoms with Crippen LogP contribution in [0.1, 0.15) is 6.92 Å². The SMILES string of the molecule is CCOc1c(Br)ccc(N)c1[N+](=O)[O-]. The van der Waals surface area contributed by atoms with Crippen molar-refractivity contribution in [1.82, 2.24) is 0 Å². The van der Waals surface area contributed by atoms with Crippen LogP contribution in [0.2, 0.25) is 0 Å². The van der Waals surface area contributed by atoms with Gasteiger partial charge in [-0.1, -0.05) is 0 Å². The van der Waals surface area contributed by atoms with Gasteiger partial charge in [0, 0.05) is 0 Å². The Morgan fingerprint density at radius 2 is 2.29 bits per heavy atom. The number of hydrogen-bond donors (Lipinski definition) is 1. The summed E-state index contributed by atoms with van der Waals surface area (Å²) in [5.74, 6) is 0.178. The van der Waals surface area contributed by atoms with Crippen LogP contribution in [-0.4, -0.2) is 11.5 Å². The number of halogens is 1. The molecule has 0 spiro atoms. The quantitative estimate of drug-likeness (QED) is 0.514. The molecule has 1 aromatic rings. The second kappa shape index (κ2) is 4.28. The second-order valence-corrected chi connectivity index (χ2v) is 3.36. The number of nitro benzene ring substituents is 1. The van der Waals surface area contributed by atoms with Crippen LogP contribution in [0.4, 0.5) is 11.4 Å². The molecule has 2 N–H and O–H groups in total. The van der Waals surface area contributed by atoms with Gasteiger partial charge in [0.15, 0.2) is 0 Å². The van der Waals surface area contributed by atoms with Crippen LogP contribution in [-0.2, 0) is 0 Å². The zero-order valence-corrected chi connectivity index (χ0v) is 9.08. The zero-order chi connectivity index (χ0) is 10.7. The summed E-state index contributed by atoms with van der Waals surface area (Å²) in [4.78, 5) is 10.1. The van der Waals surface area contributed by atoms with Crippen LogP contribution in [0.5, 0.6) is 5.75 Å². The predicted molar refractivity (Wildman–Crippen MR) is 56.4 cm³/mol. The molecule has 1 aromatic carbocycles. The van der Waals surface area contributed by atoms with Crippen LogP contribution in [0.25, 0.3) is 0 Å². The molecule has 5 nitrogen and oxygen atoms in total. The summed E-state index contributed by atoms with van der Waals surface area (Å²) in [6.45, 7) is 2.10. The predicted octanol–water partition coefficient (Wildman–Crippen LogP) is 2.34. The van der Waals surface area contributed by atoms with Gasteiger partial charge in [-0.2, -0.15) is 0 Å². The molecule has 6 heteroatoms. The van der Waals surface area contributed by atoms with E-state index in [0.29, 0.717) is 11.1 Å². The van der Waals surface area contributed by atoms with Gasteiger partial charge in [0.25, 0.3) is 0 Å². The minimum atomic E-state index is -0.551. The summed E-state index contributed by atoms with van der Waals surface area (Å²) in [7, 11) is 0. The summed E-state index contributed by atoms with van der Waals surface area (Å²) < 4.78 is 5.67. The molecule has 0 atom stereocenters. The van der Waals surface area contributed by atoms with E-state index in [2.05, 4.69) is 15.9 Å². The molecular formula is C8H9BrN2O3. The van der Waals surface area contributed by atoms with Crippen molar-refractivity contribution in [3.05, 3.63) is 26.7 Å². The Bertz CT molecular complexity index is 368. The van der Waals surface area contributed by atoms with E-state index in [1.165, 1.54) is 6.07 Å². The van der Waals surface area contributed by atoms with E-state index in [-0.39, 0.29) is 17.1 Å². The van der Waals surface area contributed by atoms with Gasteiger partial charge in [-0.25, -0.2) is 0 Å². The number of nitrogen functional groups attached to an aromatic ring is 1. The Hall–Kier alpha value is -1.30. The zero-order valence-electron chi connectivity index (χ0n) is 7.49. The van der Waals surface area contributed by atoms with Crippen molar-refractivity contribution in [1.29, 1.82) is 0 Å². The summed E-state index contributed by atoms with van der Waals surface area (Å²) >= 11 is 3.17. The molecule has 0 aromatic heterocycles. The molecule has 0 amide bonds. The molecule has 76 valence electrons. The van der Waals surface area contributed by atoms with Gasteiger partial charge >= 0.3 is 5.69 Å². The average Bonchev–Trinajstić information content (AvgIpc) is 2.11. The Kier molecular flexibility index (Phi) is 3.29. The number of nitrogens with two attached hydrogens (primary N) is 1. The maximum absolute atomic E-state index is 10.7. The van der Waals surface area contributed by atoms with Crippen molar-refractivity contribution in [3.63, 3.8) is 0 Å². The molecule has 0 heterocycles. The lowest BCUT2D eigenvalue weighted by atomic mass is 10.2. The first-order chi connectivity index (χ1) is 6.57. The monoisotopic (exact) mass is 260 g/mol. The topological polar surface area (TPSA) is 78.4 Å². The maximum atomic E-state index is 10.7. The molecule has 0 aliphatic rings. The molecule has 0 bridgehead atoms.